The molecule has 6 heteroatoms. The van der Waals surface area contributed by atoms with Crippen molar-refractivity contribution in [1.29, 1.82) is 0 Å². The molecule has 0 aromatic heterocycles. The van der Waals surface area contributed by atoms with Gasteiger partial charge < -0.3 is 14.6 Å². The Labute approximate surface area is 93.4 Å². The summed E-state index contributed by atoms with van der Waals surface area (Å²) < 4.78 is 10.00. The average molecular weight is 229 g/mol. The van der Waals surface area contributed by atoms with E-state index < -0.39 is 18.1 Å². The lowest BCUT2D eigenvalue weighted by molar-refractivity contribution is -0.151. The lowest BCUT2D eigenvalue weighted by Crippen LogP contribution is -2.55. The van der Waals surface area contributed by atoms with Gasteiger partial charge in [0.2, 0.25) is 0 Å². The molecule has 0 aromatic carbocycles. The highest BCUT2D eigenvalue weighted by molar-refractivity contribution is 5.80. The summed E-state index contributed by atoms with van der Waals surface area (Å²) in [5.41, 5.74) is 0. The second-order valence-corrected chi connectivity index (χ2v) is 3.52. The summed E-state index contributed by atoms with van der Waals surface area (Å²) in [7, 11) is 0. The standard InChI is InChI=1S/C10H15NO5/c1-3-4-15-10(14)11-5-7(2)16-6-8(11)9(12)13/h3,7-8H,1,4-6H2,2H3,(H,12,13)/t7-,8-/m0/s1. The number of amides is 1. The van der Waals surface area contributed by atoms with Crippen LogP contribution in [0.25, 0.3) is 0 Å². The van der Waals surface area contributed by atoms with Gasteiger partial charge in [-0.2, -0.15) is 0 Å². The number of carbonyl (C=O) groups excluding carboxylic acids is 1. The molecular weight excluding hydrogens is 214 g/mol. The Morgan fingerprint density at radius 1 is 1.69 bits per heavy atom. The summed E-state index contributed by atoms with van der Waals surface area (Å²) in [6, 6.07) is -0.978. The first-order valence-electron chi connectivity index (χ1n) is 4.95. The Morgan fingerprint density at radius 3 is 2.94 bits per heavy atom. The number of hydrogen-bond acceptors (Lipinski definition) is 4. The fourth-order valence-electron chi connectivity index (χ4n) is 1.42. The maximum absolute atomic E-state index is 11.6. The van der Waals surface area contributed by atoms with Gasteiger partial charge in [0.15, 0.2) is 6.04 Å². The molecule has 0 aromatic rings. The van der Waals surface area contributed by atoms with Crippen molar-refractivity contribution in [3.05, 3.63) is 12.7 Å². The summed E-state index contributed by atoms with van der Waals surface area (Å²) in [5, 5.41) is 8.92. The van der Waals surface area contributed by atoms with E-state index in [4.69, 9.17) is 14.6 Å². The monoisotopic (exact) mass is 229 g/mol. The lowest BCUT2D eigenvalue weighted by Gasteiger charge is -2.35. The molecule has 1 rings (SSSR count). The number of carboxylic acid groups (broad SMARTS) is 1. The summed E-state index contributed by atoms with van der Waals surface area (Å²) in [5.74, 6) is -1.09. The van der Waals surface area contributed by atoms with Crippen molar-refractivity contribution in [2.75, 3.05) is 19.8 Å². The van der Waals surface area contributed by atoms with Gasteiger partial charge in [0.05, 0.1) is 19.3 Å². The van der Waals surface area contributed by atoms with E-state index in [0.717, 1.165) is 0 Å². The first-order chi connectivity index (χ1) is 7.56. The molecule has 0 aliphatic carbocycles. The molecule has 1 amide bonds. The number of morpholine rings is 1. The molecule has 1 aliphatic rings. The fraction of sp³-hybridized carbons (Fsp3) is 0.600. The van der Waals surface area contributed by atoms with Crippen LogP contribution in [-0.2, 0) is 14.3 Å². The van der Waals surface area contributed by atoms with Crippen LogP contribution in [0.15, 0.2) is 12.7 Å². The highest BCUT2D eigenvalue weighted by Crippen LogP contribution is 2.13. The van der Waals surface area contributed by atoms with E-state index in [1.54, 1.807) is 6.92 Å². The molecule has 0 bridgehead atoms. The number of carboxylic acids is 1. The maximum Gasteiger partial charge on any atom is 0.411 e. The molecule has 1 aliphatic heterocycles. The highest BCUT2D eigenvalue weighted by Gasteiger charge is 2.36. The van der Waals surface area contributed by atoms with Gasteiger partial charge in [0, 0.05) is 0 Å². The molecule has 1 heterocycles. The van der Waals surface area contributed by atoms with Crippen molar-refractivity contribution in [1.82, 2.24) is 4.90 Å². The Morgan fingerprint density at radius 2 is 2.38 bits per heavy atom. The molecular formula is C10H15NO5. The molecule has 2 atom stereocenters. The fourth-order valence-corrected chi connectivity index (χ4v) is 1.42. The molecule has 0 spiro atoms. The molecule has 16 heavy (non-hydrogen) atoms. The molecule has 90 valence electrons. The minimum absolute atomic E-state index is 0.0142. The summed E-state index contributed by atoms with van der Waals surface area (Å²) in [6.07, 6.45) is 0.590. The number of aliphatic carboxylic acids is 1. The zero-order valence-corrected chi connectivity index (χ0v) is 9.09. The largest absolute Gasteiger partial charge is 0.480 e. The first kappa shape index (κ1) is 12.5. The van der Waals surface area contributed by atoms with Crippen LogP contribution in [0, 0.1) is 0 Å². The van der Waals surface area contributed by atoms with E-state index in [1.165, 1.54) is 11.0 Å². The molecule has 1 fully saturated rings. The number of ether oxygens (including phenoxy) is 2. The zero-order chi connectivity index (χ0) is 12.1. The third-order valence-corrected chi connectivity index (χ3v) is 2.21. The zero-order valence-electron chi connectivity index (χ0n) is 9.09. The SMILES string of the molecule is C=CCOC(=O)N1C[C@H](C)OC[C@H]1C(=O)O. The van der Waals surface area contributed by atoms with Gasteiger partial charge in [0.1, 0.15) is 6.61 Å². The van der Waals surface area contributed by atoms with Crippen molar-refractivity contribution in [3.63, 3.8) is 0 Å². The van der Waals surface area contributed by atoms with Crippen molar-refractivity contribution in [2.24, 2.45) is 0 Å². The third kappa shape index (κ3) is 2.96. The predicted molar refractivity (Wildman–Crippen MR) is 55.1 cm³/mol. The van der Waals surface area contributed by atoms with Gasteiger partial charge in [-0.1, -0.05) is 12.7 Å². The van der Waals surface area contributed by atoms with Gasteiger partial charge in [-0.25, -0.2) is 9.59 Å². The van der Waals surface area contributed by atoms with Gasteiger partial charge >= 0.3 is 12.1 Å². The van der Waals surface area contributed by atoms with E-state index in [9.17, 15) is 9.59 Å². The van der Waals surface area contributed by atoms with Gasteiger partial charge in [-0.3, -0.25) is 4.90 Å². The Bertz CT molecular complexity index is 291. The molecule has 0 radical (unpaired) electrons. The second kappa shape index (κ2) is 5.50. The molecule has 6 nitrogen and oxygen atoms in total. The normalized spacial score (nSPS) is 24.9. The van der Waals surface area contributed by atoms with E-state index >= 15 is 0 Å². The molecule has 1 saturated heterocycles. The third-order valence-electron chi connectivity index (χ3n) is 2.21. The van der Waals surface area contributed by atoms with Crippen molar-refractivity contribution in [2.45, 2.75) is 19.1 Å². The summed E-state index contributed by atoms with van der Waals surface area (Å²) in [6.45, 7) is 5.45. The average Bonchev–Trinajstić information content (AvgIpc) is 2.25. The van der Waals surface area contributed by atoms with Gasteiger partial charge in [-0.05, 0) is 6.92 Å². The van der Waals surface area contributed by atoms with Crippen molar-refractivity contribution < 1.29 is 24.2 Å². The second-order valence-electron chi connectivity index (χ2n) is 3.52. The van der Waals surface area contributed by atoms with E-state index in [2.05, 4.69) is 6.58 Å². The van der Waals surface area contributed by atoms with E-state index in [0.29, 0.717) is 0 Å². The topological polar surface area (TPSA) is 76.1 Å². The number of nitrogens with zero attached hydrogens (tertiary/aromatic N) is 1. The predicted octanol–water partition coefficient (Wildman–Crippen LogP) is 0.483. The van der Waals surface area contributed by atoms with Crippen LogP contribution in [0.1, 0.15) is 6.92 Å². The Hall–Kier alpha value is -1.56. The quantitative estimate of drug-likeness (QED) is 0.712. The molecule has 0 unspecified atom stereocenters. The van der Waals surface area contributed by atoms with Crippen LogP contribution >= 0.6 is 0 Å². The van der Waals surface area contributed by atoms with E-state index in [1.807, 2.05) is 0 Å². The van der Waals surface area contributed by atoms with Crippen LogP contribution in [0.3, 0.4) is 0 Å². The van der Waals surface area contributed by atoms with Crippen LogP contribution in [0.2, 0.25) is 0 Å². The number of hydrogen-bond donors (Lipinski definition) is 1. The minimum atomic E-state index is -1.09. The maximum atomic E-state index is 11.6. The Balaban J connectivity index is 2.66. The lowest BCUT2D eigenvalue weighted by atomic mass is 10.2. The Kier molecular flexibility index (Phi) is 4.30. The minimum Gasteiger partial charge on any atom is -0.480 e. The number of rotatable bonds is 3. The van der Waals surface area contributed by atoms with Crippen molar-refractivity contribution >= 4 is 12.1 Å². The van der Waals surface area contributed by atoms with Gasteiger partial charge in [0.25, 0.3) is 0 Å². The smallest absolute Gasteiger partial charge is 0.411 e. The molecule has 1 N–H and O–H groups in total. The van der Waals surface area contributed by atoms with E-state index in [-0.39, 0.29) is 25.9 Å². The van der Waals surface area contributed by atoms with Crippen LogP contribution in [0.4, 0.5) is 4.79 Å². The van der Waals surface area contributed by atoms with Gasteiger partial charge in [-0.15, -0.1) is 0 Å². The summed E-state index contributed by atoms with van der Waals surface area (Å²) in [4.78, 5) is 23.6. The van der Waals surface area contributed by atoms with Crippen molar-refractivity contribution in [3.8, 4) is 0 Å². The highest BCUT2D eigenvalue weighted by atomic mass is 16.6. The summed E-state index contributed by atoms with van der Waals surface area (Å²) >= 11 is 0. The number of carbonyl (C=O) groups is 2. The van der Waals surface area contributed by atoms with Crippen LogP contribution in [-0.4, -0.2) is 54.0 Å². The first-order valence-corrected chi connectivity index (χ1v) is 4.95. The van der Waals surface area contributed by atoms with Crippen LogP contribution in [0.5, 0.6) is 0 Å². The van der Waals surface area contributed by atoms with Crippen LogP contribution < -0.4 is 0 Å². The molecule has 0 saturated carbocycles.